The molecule has 8 heteroatoms. The molecular formula is C15H29IN6S. The van der Waals surface area contributed by atoms with Crippen molar-refractivity contribution in [1.29, 1.82) is 0 Å². The molecular weight excluding hydrogens is 423 g/mol. The lowest BCUT2D eigenvalue weighted by Gasteiger charge is -2.26. The van der Waals surface area contributed by atoms with E-state index in [-0.39, 0.29) is 34.8 Å². The minimum atomic E-state index is 0. The first-order valence-corrected chi connectivity index (χ1v) is 9.19. The smallest absolute Gasteiger partial charge is 0.191 e. The number of halogens is 1. The first-order valence-electron chi connectivity index (χ1n) is 7.96. The van der Waals surface area contributed by atoms with E-state index in [2.05, 4.69) is 47.7 Å². The number of thioether (sulfide) groups is 1. The molecule has 132 valence electrons. The minimum absolute atomic E-state index is 0. The molecule has 2 heterocycles. The third-order valence-electron chi connectivity index (χ3n) is 3.81. The number of guanidine groups is 1. The minimum Gasteiger partial charge on any atom is -0.357 e. The van der Waals surface area contributed by atoms with E-state index in [1.165, 1.54) is 0 Å². The van der Waals surface area contributed by atoms with Crippen LogP contribution in [0.3, 0.4) is 0 Å². The lowest BCUT2D eigenvalue weighted by Crippen LogP contribution is -2.42. The topological polar surface area (TPSA) is 67.1 Å². The number of nitrogens with zero attached hydrogens (tertiary/aromatic N) is 4. The van der Waals surface area contributed by atoms with Crippen molar-refractivity contribution < 1.29 is 0 Å². The van der Waals surface area contributed by atoms with E-state index in [1.54, 1.807) is 0 Å². The molecule has 2 N–H and O–H groups in total. The van der Waals surface area contributed by atoms with Crippen LogP contribution in [0.1, 0.15) is 51.3 Å². The Morgan fingerprint density at radius 1 is 1.48 bits per heavy atom. The summed E-state index contributed by atoms with van der Waals surface area (Å²) >= 11 is 1.84. The van der Waals surface area contributed by atoms with E-state index in [0.717, 1.165) is 50.1 Å². The molecule has 0 fully saturated rings. The predicted octanol–water partition coefficient (Wildman–Crippen LogP) is 2.74. The summed E-state index contributed by atoms with van der Waals surface area (Å²) in [5.41, 5.74) is 0. The Labute approximate surface area is 160 Å². The second-order valence-electron chi connectivity index (χ2n) is 6.24. The average molecular weight is 452 g/mol. The maximum atomic E-state index is 4.75. The standard InChI is InChI=1S/C15H28N6S.HI/c1-6-16-14(17-10-15(3,4)22-5)19-12-8-7-9-21-13(12)18-11(2)20-21;/h12H,6-10H2,1-5H3,(H2,16,17,19);1H. The molecule has 23 heavy (non-hydrogen) atoms. The molecule has 2 rings (SSSR count). The molecule has 1 aliphatic rings. The summed E-state index contributed by atoms with van der Waals surface area (Å²) in [6.45, 7) is 11.1. The first-order chi connectivity index (χ1) is 10.4. The summed E-state index contributed by atoms with van der Waals surface area (Å²) < 4.78 is 2.16. The summed E-state index contributed by atoms with van der Waals surface area (Å²) in [5, 5.41) is 11.3. The van der Waals surface area contributed by atoms with Crippen LogP contribution < -0.4 is 10.6 Å². The Kier molecular flexibility index (Phi) is 8.12. The molecule has 1 unspecified atom stereocenters. The SMILES string of the molecule is CCNC(=NCC(C)(C)SC)NC1CCCn2nc(C)nc21.I. The number of aromatic nitrogens is 3. The molecule has 0 amide bonds. The van der Waals surface area contributed by atoms with Crippen LogP contribution in [0.2, 0.25) is 0 Å². The fraction of sp³-hybridized carbons (Fsp3) is 0.800. The fourth-order valence-corrected chi connectivity index (χ4v) is 2.62. The fourth-order valence-electron chi connectivity index (χ4n) is 2.42. The second kappa shape index (κ2) is 9.10. The number of aliphatic imine (C=N–C) groups is 1. The summed E-state index contributed by atoms with van der Waals surface area (Å²) in [4.78, 5) is 9.32. The van der Waals surface area contributed by atoms with Crippen LogP contribution in [0.5, 0.6) is 0 Å². The molecule has 6 nitrogen and oxygen atoms in total. The summed E-state index contributed by atoms with van der Waals surface area (Å²) in [5.74, 6) is 2.73. The monoisotopic (exact) mass is 452 g/mol. The normalized spacial score (nSPS) is 18.1. The quantitative estimate of drug-likeness (QED) is 0.409. The molecule has 1 atom stereocenters. The van der Waals surface area contributed by atoms with Gasteiger partial charge in [0.05, 0.1) is 12.6 Å². The van der Waals surface area contributed by atoms with Gasteiger partial charge in [-0.1, -0.05) is 0 Å². The van der Waals surface area contributed by atoms with Gasteiger partial charge >= 0.3 is 0 Å². The van der Waals surface area contributed by atoms with E-state index in [0.29, 0.717) is 0 Å². The highest BCUT2D eigenvalue weighted by Crippen LogP contribution is 2.23. The molecule has 0 aliphatic carbocycles. The van der Waals surface area contributed by atoms with Gasteiger partial charge < -0.3 is 10.6 Å². The van der Waals surface area contributed by atoms with Crippen molar-refractivity contribution >= 4 is 41.7 Å². The average Bonchev–Trinajstić information content (AvgIpc) is 2.86. The van der Waals surface area contributed by atoms with Crippen molar-refractivity contribution in [2.45, 2.75) is 57.9 Å². The van der Waals surface area contributed by atoms with Crippen LogP contribution in [-0.2, 0) is 6.54 Å². The maximum Gasteiger partial charge on any atom is 0.191 e. The van der Waals surface area contributed by atoms with Crippen molar-refractivity contribution in [3.05, 3.63) is 11.6 Å². The maximum absolute atomic E-state index is 4.75. The van der Waals surface area contributed by atoms with Gasteiger partial charge in [-0.05, 0) is 46.8 Å². The lowest BCUT2D eigenvalue weighted by atomic mass is 10.1. The molecule has 0 saturated carbocycles. The van der Waals surface area contributed by atoms with Crippen LogP contribution >= 0.6 is 35.7 Å². The van der Waals surface area contributed by atoms with Gasteiger partial charge in [-0.2, -0.15) is 16.9 Å². The zero-order chi connectivity index (χ0) is 16.2. The Hall–Kier alpha value is -0.510. The summed E-state index contributed by atoms with van der Waals surface area (Å²) in [6, 6.07) is 0.185. The van der Waals surface area contributed by atoms with Crippen molar-refractivity contribution in [1.82, 2.24) is 25.4 Å². The number of nitrogens with one attached hydrogen (secondary N) is 2. The molecule has 1 aromatic rings. The van der Waals surface area contributed by atoms with E-state index < -0.39 is 0 Å². The largest absolute Gasteiger partial charge is 0.357 e. The van der Waals surface area contributed by atoms with E-state index in [9.17, 15) is 0 Å². The molecule has 1 aliphatic heterocycles. The molecule has 0 bridgehead atoms. The van der Waals surface area contributed by atoms with Gasteiger partial charge in [0.25, 0.3) is 0 Å². The van der Waals surface area contributed by atoms with Crippen LogP contribution in [0.15, 0.2) is 4.99 Å². The van der Waals surface area contributed by atoms with E-state index in [4.69, 9.17) is 4.99 Å². The third-order valence-corrected chi connectivity index (χ3v) is 5.04. The Balaban J connectivity index is 0.00000264. The second-order valence-corrected chi connectivity index (χ2v) is 7.75. The number of rotatable bonds is 5. The van der Waals surface area contributed by atoms with Crippen LogP contribution in [0.25, 0.3) is 0 Å². The van der Waals surface area contributed by atoms with Gasteiger partial charge in [0, 0.05) is 17.8 Å². The van der Waals surface area contributed by atoms with E-state index >= 15 is 0 Å². The van der Waals surface area contributed by atoms with Gasteiger partial charge in [-0.3, -0.25) is 4.99 Å². The highest BCUT2D eigenvalue weighted by atomic mass is 127. The zero-order valence-electron chi connectivity index (χ0n) is 14.7. The molecule has 0 aromatic carbocycles. The first kappa shape index (κ1) is 20.5. The molecule has 0 radical (unpaired) electrons. The number of hydrogen-bond acceptors (Lipinski definition) is 4. The van der Waals surface area contributed by atoms with Crippen molar-refractivity contribution in [2.24, 2.45) is 4.99 Å². The number of fused-ring (bicyclic) bond motifs is 1. The van der Waals surface area contributed by atoms with Crippen molar-refractivity contribution in [3.8, 4) is 0 Å². The molecule has 0 saturated heterocycles. The van der Waals surface area contributed by atoms with Gasteiger partial charge in [0.15, 0.2) is 5.96 Å². The zero-order valence-corrected chi connectivity index (χ0v) is 17.9. The Bertz CT molecular complexity index is 528. The highest BCUT2D eigenvalue weighted by molar-refractivity contribution is 14.0. The predicted molar refractivity (Wildman–Crippen MR) is 109 cm³/mol. The number of aryl methyl sites for hydroxylation is 2. The van der Waals surface area contributed by atoms with Gasteiger partial charge in [-0.15, -0.1) is 24.0 Å². The third kappa shape index (κ3) is 5.81. The van der Waals surface area contributed by atoms with Gasteiger partial charge in [-0.25, -0.2) is 9.67 Å². The van der Waals surface area contributed by atoms with Gasteiger partial charge in [0.1, 0.15) is 11.6 Å². The van der Waals surface area contributed by atoms with Crippen LogP contribution in [-0.4, -0.2) is 44.8 Å². The van der Waals surface area contributed by atoms with Crippen LogP contribution in [0.4, 0.5) is 0 Å². The summed E-state index contributed by atoms with van der Waals surface area (Å²) in [6.07, 6.45) is 4.31. The Morgan fingerprint density at radius 3 is 2.87 bits per heavy atom. The van der Waals surface area contributed by atoms with Crippen molar-refractivity contribution in [2.75, 3.05) is 19.3 Å². The number of hydrogen-bond donors (Lipinski definition) is 2. The van der Waals surface area contributed by atoms with Crippen molar-refractivity contribution in [3.63, 3.8) is 0 Å². The summed E-state index contributed by atoms with van der Waals surface area (Å²) in [7, 11) is 0. The van der Waals surface area contributed by atoms with Gasteiger partial charge in [0.2, 0.25) is 0 Å². The van der Waals surface area contributed by atoms with Crippen LogP contribution in [0, 0.1) is 6.92 Å². The molecule has 0 spiro atoms. The highest BCUT2D eigenvalue weighted by Gasteiger charge is 2.24. The van der Waals surface area contributed by atoms with E-state index in [1.807, 2.05) is 23.4 Å². The molecule has 1 aromatic heterocycles. The lowest BCUT2D eigenvalue weighted by molar-refractivity contribution is 0.397. The Morgan fingerprint density at radius 2 is 2.22 bits per heavy atom.